The van der Waals surface area contributed by atoms with E-state index in [9.17, 15) is 4.79 Å². The van der Waals surface area contributed by atoms with Crippen LogP contribution in [0.25, 0.3) is 0 Å². The Morgan fingerprint density at radius 2 is 2.42 bits per heavy atom. The van der Waals surface area contributed by atoms with E-state index in [1.165, 1.54) is 16.2 Å². The third-order valence-corrected chi connectivity index (χ3v) is 5.56. The van der Waals surface area contributed by atoms with E-state index in [1.807, 2.05) is 29.6 Å². The highest BCUT2D eigenvalue weighted by molar-refractivity contribution is 7.98. The third kappa shape index (κ3) is 2.77. The van der Waals surface area contributed by atoms with Crippen LogP contribution in [0, 0.1) is 0 Å². The largest absolute Gasteiger partial charge is 0.293 e. The van der Waals surface area contributed by atoms with Crippen LogP contribution in [0.3, 0.4) is 0 Å². The standard InChI is InChI=1S/C14H16N2OS2/c1-2-16-8-10(7-15-16)5-12(17)14-6-11-9-18-4-3-13(11)19-14/h6-8H,2-5,9H2,1H3. The second kappa shape index (κ2) is 5.51. The first kappa shape index (κ1) is 12.9. The first-order chi connectivity index (χ1) is 9.26. The van der Waals surface area contributed by atoms with Crippen LogP contribution in [0.2, 0.25) is 0 Å². The third-order valence-electron chi connectivity index (χ3n) is 3.28. The molecule has 100 valence electrons. The first-order valence-corrected chi connectivity index (χ1v) is 8.47. The molecular formula is C14H16N2OS2. The van der Waals surface area contributed by atoms with Gasteiger partial charge < -0.3 is 0 Å². The number of carbonyl (C=O) groups excluding carboxylic acids is 1. The van der Waals surface area contributed by atoms with Crippen molar-refractivity contribution in [3.63, 3.8) is 0 Å². The van der Waals surface area contributed by atoms with Gasteiger partial charge in [0.2, 0.25) is 0 Å². The molecule has 0 bridgehead atoms. The molecule has 0 spiro atoms. The topological polar surface area (TPSA) is 34.9 Å². The molecule has 0 atom stereocenters. The highest BCUT2D eigenvalue weighted by Crippen LogP contribution is 2.32. The Balaban J connectivity index is 1.74. The number of Topliss-reactive ketones (excluding diaryl/α,β-unsaturated/α-hetero) is 1. The molecule has 0 aliphatic carbocycles. The normalized spacial score (nSPS) is 14.4. The van der Waals surface area contributed by atoms with Crippen molar-refractivity contribution in [2.75, 3.05) is 5.75 Å². The molecule has 0 N–H and O–H groups in total. The van der Waals surface area contributed by atoms with Gasteiger partial charge in [-0.1, -0.05) is 0 Å². The molecule has 0 saturated carbocycles. The zero-order valence-electron chi connectivity index (χ0n) is 10.9. The summed E-state index contributed by atoms with van der Waals surface area (Å²) in [6, 6.07) is 2.10. The molecule has 0 aromatic carbocycles. The smallest absolute Gasteiger partial charge is 0.177 e. The number of nitrogens with zero attached hydrogens (tertiary/aromatic N) is 2. The van der Waals surface area contributed by atoms with Gasteiger partial charge in [0.05, 0.1) is 11.1 Å². The zero-order valence-corrected chi connectivity index (χ0v) is 12.5. The summed E-state index contributed by atoms with van der Waals surface area (Å²) in [6.45, 7) is 2.89. The van der Waals surface area contributed by atoms with Crippen molar-refractivity contribution in [1.29, 1.82) is 0 Å². The SMILES string of the molecule is CCn1cc(CC(=O)c2cc3c(s2)CCSC3)cn1. The highest BCUT2D eigenvalue weighted by atomic mass is 32.2. The highest BCUT2D eigenvalue weighted by Gasteiger charge is 2.18. The second-order valence-electron chi connectivity index (χ2n) is 4.67. The van der Waals surface area contributed by atoms with Gasteiger partial charge in [-0.25, -0.2) is 0 Å². The average Bonchev–Trinajstić information content (AvgIpc) is 3.04. The quantitative estimate of drug-likeness (QED) is 0.812. The fourth-order valence-electron chi connectivity index (χ4n) is 2.23. The van der Waals surface area contributed by atoms with Gasteiger partial charge in [-0.2, -0.15) is 16.9 Å². The lowest BCUT2D eigenvalue weighted by molar-refractivity contribution is 0.0997. The zero-order chi connectivity index (χ0) is 13.2. The minimum atomic E-state index is 0.222. The van der Waals surface area contributed by atoms with Crippen LogP contribution in [-0.4, -0.2) is 21.3 Å². The maximum atomic E-state index is 12.3. The second-order valence-corrected chi connectivity index (χ2v) is 6.91. The summed E-state index contributed by atoms with van der Waals surface area (Å²) in [6.07, 6.45) is 5.34. The number of hydrogen-bond donors (Lipinski definition) is 0. The Labute approximate surface area is 121 Å². The first-order valence-electron chi connectivity index (χ1n) is 6.50. The fraction of sp³-hybridized carbons (Fsp3) is 0.429. The number of hydrogen-bond acceptors (Lipinski definition) is 4. The van der Waals surface area contributed by atoms with Crippen LogP contribution in [0.15, 0.2) is 18.5 Å². The summed E-state index contributed by atoms with van der Waals surface area (Å²) in [5.74, 6) is 2.47. The summed E-state index contributed by atoms with van der Waals surface area (Å²) in [5.41, 5.74) is 2.38. The molecule has 1 aliphatic heterocycles. The van der Waals surface area contributed by atoms with Crippen LogP contribution in [0.4, 0.5) is 0 Å². The van der Waals surface area contributed by atoms with Crippen molar-refractivity contribution >= 4 is 28.9 Å². The Kier molecular flexibility index (Phi) is 3.75. The molecule has 5 heteroatoms. The average molecular weight is 292 g/mol. The molecule has 2 aromatic rings. The van der Waals surface area contributed by atoms with E-state index in [-0.39, 0.29) is 5.78 Å². The van der Waals surface area contributed by atoms with Crippen LogP contribution < -0.4 is 0 Å². The van der Waals surface area contributed by atoms with E-state index < -0.39 is 0 Å². The van der Waals surface area contributed by atoms with E-state index in [0.29, 0.717) is 6.42 Å². The number of rotatable bonds is 4. The maximum Gasteiger partial charge on any atom is 0.177 e. The molecule has 0 unspecified atom stereocenters. The fourth-order valence-corrected chi connectivity index (χ4v) is 4.54. The Morgan fingerprint density at radius 3 is 3.16 bits per heavy atom. The Hall–Kier alpha value is -1.07. The van der Waals surface area contributed by atoms with E-state index >= 15 is 0 Å². The summed E-state index contributed by atoms with van der Waals surface area (Å²) in [5, 5.41) is 4.21. The summed E-state index contributed by atoms with van der Waals surface area (Å²) in [4.78, 5) is 14.6. The number of carbonyl (C=O) groups is 1. The van der Waals surface area contributed by atoms with Crippen LogP contribution in [0.5, 0.6) is 0 Å². The number of ketones is 1. The predicted molar refractivity (Wildman–Crippen MR) is 80.1 cm³/mol. The van der Waals surface area contributed by atoms with Crippen LogP contribution >= 0.6 is 23.1 Å². The van der Waals surface area contributed by atoms with E-state index in [4.69, 9.17) is 0 Å². The van der Waals surface area contributed by atoms with Crippen molar-refractivity contribution in [1.82, 2.24) is 9.78 Å². The number of fused-ring (bicyclic) bond motifs is 1. The maximum absolute atomic E-state index is 12.3. The molecule has 2 aromatic heterocycles. The summed E-state index contributed by atoms with van der Waals surface area (Å²) in [7, 11) is 0. The van der Waals surface area contributed by atoms with E-state index in [2.05, 4.69) is 11.2 Å². The van der Waals surface area contributed by atoms with Gasteiger partial charge in [-0.15, -0.1) is 11.3 Å². The number of aromatic nitrogens is 2. The minimum Gasteiger partial charge on any atom is -0.293 e. The van der Waals surface area contributed by atoms with Crippen molar-refractivity contribution in [2.24, 2.45) is 0 Å². The minimum absolute atomic E-state index is 0.222. The molecule has 3 nitrogen and oxygen atoms in total. The Bertz CT molecular complexity index is 577. The summed E-state index contributed by atoms with van der Waals surface area (Å²) < 4.78 is 1.86. The van der Waals surface area contributed by atoms with E-state index in [1.54, 1.807) is 17.5 Å². The van der Waals surface area contributed by atoms with Gasteiger partial charge in [-0.3, -0.25) is 9.48 Å². The predicted octanol–water partition coefficient (Wildman–Crippen LogP) is 3.18. The van der Waals surface area contributed by atoms with Crippen molar-refractivity contribution in [3.8, 4) is 0 Å². The molecule has 1 aliphatic rings. The van der Waals surface area contributed by atoms with Gasteiger partial charge in [-0.05, 0) is 36.3 Å². The molecule has 3 rings (SSSR count). The van der Waals surface area contributed by atoms with E-state index in [0.717, 1.165) is 29.2 Å². The lowest BCUT2D eigenvalue weighted by Gasteiger charge is -2.08. The molecule has 0 saturated heterocycles. The number of thiophene rings is 1. The Morgan fingerprint density at radius 1 is 1.53 bits per heavy atom. The molecule has 3 heterocycles. The molecular weight excluding hydrogens is 276 g/mol. The van der Waals surface area contributed by atoms with Gasteiger partial charge in [0.15, 0.2) is 5.78 Å². The van der Waals surface area contributed by atoms with Crippen LogP contribution in [-0.2, 0) is 25.1 Å². The lowest BCUT2D eigenvalue weighted by atomic mass is 10.1. The number of aryl methyl sites for hydroxylation is 2. The van der Waals surface area contributed by atoms with Crippen molar-refractivity contribution in [2.45, 2.75) is 32.1 Å². The van der Waals surface area contributed by atoms with Gasteiger partial charge in [0.25, 0.3) is 0 Å². The molecule has 0 amide bonds. The van der Waals surface area contributed by atoms with Gasteiger partial charge in [0.1, 0.15) is 0 Å². The molecule has 19 heavy (non-hydrogen) atoms. The van der Waals surface area contributed by atoms with Gasteiger partial charge >= 0.3 is 0 Å². The van der Waals surface area contributed by atoms with Crippen molar-refractivity contribution < 1.29 is 4.79 Å². The van der Waals surface area contributed by atoms with Crippen molar-refractivity contribution in [3.05, 3.63) is 39.3 Å². The summed E-state index contributed by atoms with van der Waals surface area (Å²) >= 11 is 3.64. The number of thioether (sulfide) groups is 1. The lowest BCUT2D eigenvalue weighted by Crippen LogP contribution is -2.00. The van der Waals surface area contributed by atoms with Crippen LogP contribution in [0.1, 0.15) is 32.6 Å². The molecule has 0 radical (unpaired) electrons. The monoisotopic (exact) mass is 292 g/mol. The molecule has 0 fully saturated rings. The van der Waals surface area contributed by atoms with Gasteiger partial charge in [0, 0.05) is 29.8 Å².